The quantitative estimate of drug-likeness (QED) is 0.379. The van der Waals surface area contributed by atoms with Gasteiger partial charge in [0.1, 0.15) is 19.3 Å². The van der Waals surface area contributed by atoms with Crippen LogP contribution in [0.2, 0.25) is 0 Å². The number of halogens is 1. The van der Waals surface area contributed by atoms with Crippen molar-refractivity contribution in [2.24, 2.45) is 4.99 Å². The molecule has 2 aromatic rings. The fourth-order valence-electron chi connectivity index (χ4n) is 3.50. The minimum Gasteiger partial charge on any atom is -0.486 e. The van der Waals surface area contributed by atoms with Crippen LogP contribution in [0.25, 0.3) is 0 Å². The third-order valence-electron chi connectivity index (χ3n) is 4.88. The molecule has 2 aliphatic heterocycles. The molecule has 1 saturated heterocycles. The number of pyridine rings is 1. The van der Waals surface area contributed by atoms with Crippen LogP contribution in [0.1, 0.15) is 12.0 Å². The van der Waals surface area contributed by atoms with Crippen LogP contribution in [0.15, 0.2) is 47.6 Å². The molecule has 3 heterocycles. The van der Waals surface area contributed by atoms with E-state index in [9.17, 15) is 0 Å². The number of rotatable bonds is 5. The van der Waals surface area contributed by atoms with Gasteiger partial charge in [-0.3, -0.25) is 4.99 Å². The Hall–Kier alpha value is -2.23. The van der Waals surface area contributed by atoms with Gasteiger partial charge in [0.05, 0.1) is 6.54 Å². The van der Waals surface area contributed by atoms with Crippen molar-refractivity contribution < 1.29 is 14.2 Å². The van der Waals surface area contributed by atoms with E-state index in [0.717, 1.165) is 49.9 Å². The molecule has 156 valence electrons. The van der Waals surface area contributed by atoms with Crippen molar-refractivity contribution in [2.75, 3.05) is 39.9 Å². The maximum atomic E-state index is 5.97. The van der Waals surface area contributed by atoms with Gasteiger partial charge < -0.3 is 24.4 Å². The molecular weight excluding hydrogens is 483 g/mol. The van der Waals surface area contributed by atoms with E-state index in [4.69, 9.17) is 14.2 Å². The number of hydrogen-bond donors (Lipinski definition) is 1. The van der Waals surface area contributed by atoms with Gasteiger partial charge in [0, 0.05) is 38.8 Å². The Kier molecular flexibility index (Phi) is 7.79. The third kappa shape index (κ3) is 5.65. The van der Waals surface area contributed by atoms with Gasteiger partial charge in [0.25, 0.3) is 0 Å². The van der Waals surface area contributed by atoms with Crippen molar-refractivity contribution in [1.82, 2.24) is 15.2 Å². The average Bonchev–Trinajstić information content (AvgIpc) is 3.20. The van der Waals surface area contributed by atoms with E-state index in [1.807, 2.05) is 31.3 Å². The molecule has 29 heavy (non-hydrogen) atoms. The van der Waals surface area contributed by atoms with E-state index in [-0.39, 0.29) is 30.1 Å². The molecule has 4 rings (SSSR count). The highest BCUT2D eigenvalue weighted by atomic mass is 127. The Morgan fingerprint density at radius 1 is 1.24 bits per heavy atom. The number of guanidine groups is 1. The topological polar surface area (TPSA) is 68.2 Å². The zero-order chi connectivity index (χ0) is 19.2. The van der Waals surface area contributed by atoms with Gasteiger partial charge in [-0.1, -0.05) is 12.1 Å². The SMILES string of the molecule is CN=C(NCCc1ccc2c(c1)OCCO2)N1CCC(Oc2ccccn2)C1.I. The summed E-state index contributed by atoms with van der Waals surface area (Å²) in [6.45, 7) is 3.75. The molecule has 1 unspecified atom stereocenters. The standard InChI is InChI=1S/C21H26N4O3.HI/c1-22-21(25-11-8-17(15-25)28-20-4-2-3-9-23-20)24-10-7-16-5-6-18-19(14-16)27-13-12-26-18;/h2-6,9,14,17H,7-8,10-13,15H2,1H3,(H,22,24);1H. The summed E-state index contributed by atoms with van der Waals surface area (Å²) in [5.41, 5.74) is 1.21. The lowest BCUT2D eigenvalue weighted by molar-refractivity contribution is 0.171. The highest BCUT2D eigenvalue weighted by Gasteiger charge is 2.26. The van der Waals surface area contributed by atoms with Crippen LogP contribution in [-0.4, -0.2) is 61.8 Å². The third-order valence-corrected chi connectivity index (χ3v) is 4.88. The maximum Gasteiger partial charge on any atom is 0.213 e. The number of nitrogens with one attached hydrogen (secondary N) is 1. The molecule has 0 spiro atoms. The van der Waals surface area contributed by atoms with Crippen molar-refractivity contribution in [1.29, 1.82) is 0 Å². The average molecular weight is 510 g/mol. The Morgan fingerprint density at radius 2 is 2.10 bits per heavy atom. The first kappa shape index (κ1) is 21.5. The van der Waals surface area contributed by atoms with E-state index in [2.05, 4.69) is 32.3 Å². The molecule has 1 aromatic heterocycles. The first-order chi connectivity index (χ1) is 13.8. The van der Waals surface area contributed by atoms with Crippen molar-refractivity contribution in [3.05, 3.63) is 48.2 Å². The summed E-state index contributed by atoms with van der Waals surface area (Å²) in [6.07, 6.45) is 3.73. The van der Waals surface area contributed by atoms with Crippen LogP contribution in [0.3, 0.4) is 0 Å². The van der Waals surface area contributed by atoms with Crippen LogP contribution in [0.5, 0.6) is 17.4 Å². The minimum absolute atomic E-state index is 0. The van der Waals surface area contributed by atoms with Gasteiger partial charge in [0.2, 0.25) is 5.88 Å². The number of benzene rings is 1. The molecule has 0 bridgehead atoms. The van der Waals surface area contributed by atoms with Crippen LogP contribution in [-0.2, 0) is 6.42 Å². The molecule has 7 nitrogen and oxygen atoms in total. The Labute approximate surface area is 188 Å². The highest BCUT2D eigenvalue weighted by Crippen LogP contribution is 2.30. The largest absolute Gasteiger partial charge is 0.486 e. The second kappa shape index (κ2) is 10.5. The van der Waals surface area contributed by atoms with Crippen molar-refractivity contribution >= 4 is 29.9 Å². The Bertz CT molecular complexity index is 819. The van der Waals surface area contributed by atoms with Gasteiger partial charge >= 0.3 is 0 Å². The lowest BCUT2D eigenvalue weighted by Gasteiger charge is -2.22. The van der Waals surface area contributed by atoms with Crippen LogP contribution >= 0.6 is 24.0 Å². The molecule has 1 atom stereocenters. The molecular formula is C21H27IN4O3. The molecule has 0 aliphatic carbocycles. The van der Waals surface area contributed by atoms with Gasteiger partial charge in [-0.2, -0.15) is 0 Å². The summed E-state index contributed by atoms with van der Waals surface area (Å²) in [6, 6.07) is 11.9. The van der Waals surface area contributed by atoms with Crippen LogP contribution in [0, 0.1) is 0 Å². The lowest BCUT2D eigenvalue weighted by atomic mass is 10.1. The first-order valence-corrected chi connectivity index (χ1v) is 9.73. The fourth-order valence-corrected chi connectivity index (χ4v) is 3.50. The second-order valence-electron chi connectivity index (χ2n) is 6.84. The zero-order valence-corrected chi connectivity index (χ0v) is 18.9. The second-order valence-corrected chi connectivity index (χ2v) is 6.84. The number of ether oxygens (including phenoxy) is 3. The minimum atomic E-state index is 0. The summed E-state index contributed by atoms with van der Waals surface area (Å²) >= 11 is 0. The number of fused-ring (bicyclic) bond motifs is 1. The predicted molar refractivity (Wildman–Crippen MR) is 123 cm³/mol. The summed E-state index contributed by atoms with van der Waals surface area (Å²) < 4.78 is 17.2. The maximum absolute atomic E-state index is 5.97. The Balaban J connectivity index is 0.00000240. The summed E-state index contributed by atoms with van der Waals surface area (Å²) in [4.78, 5) is 10.9. The van der Waals surface area contributed by atoms with Gasteiger partial charge in [-0.15, -0.1) is 24.0 Å². The van der Waals surface area contributed by atoms with E-state index < -0.39 is 0 Å². The molecule has 1 N–H and O–H groups in total. The number of aliphatic imine (C=N–C) groups is 1. The van der Waals surface area contributed by atoms with E-state index in [0.29, 0.717) is 19.1 Å². The first-order valence-electron chi connectivity index (χ1n) is 9.73. The summed E-state index contributed by atoms with van der Waals surface area (Å²) in [5.74, 6) is 3.25. The Morgan fingerprint density at radius 3 is 2.90 bits per heavy atom. The molecule has 1 fully saturated rings. The number of aromatic nitrogens is 1. The molecule has 2 aliphatic rings. The molecule has 0 saturated carbocycles. The number of likely N-dealkylation sites (tertiary alicyclic amines) is 1. The van der Waals surface area contributed by atoms with Gasteiger partial charge in [0.15, 0.2) is 17.5 Å². The number of nitrogens with zero attached hydrogens (tertiary/aromatic N) is 3. The molecule has 0 amide bonds. The van der Waals surface area contributed by atoms with E-state index in [1.54, 1.807) is 6.20 Å². The predicted octanol–water partition coefficient (Wildman–Crippen LogP) is 2.74. The molecule has 8 heteroatoms. The molecule has 1 aromatic carbocycles. The van der Waals surface area contributed by atoms with Crippen LogP contribution < -0.4 is 19.5 Å². The normalized spacial score (nSPS) is 18.2. The van der Waals surface area contributed by atoms with Gasteiger partial charge in [-0.25, -0.2) is 4.98 Å². The van der Waals surface area contributed by atoms with Crippen LogP contribution in [0.4, 0.5) is 0 Å². The van der Waals surface area contributed by atoms with Gasteiger partial charge in [-0.05, 0) is 30.2 Å². The highest BCUT2D eigenvalue weighted by molar-refractivity contribution is 14.0. The summed E-state index contributed by atoms with van der Waals surface area (Å²) in [5, 5.41) is 3.46. The number of hydrogen-bond acceptors (Lipinski definition) is 5. The molecule has 0 radical (unpaired) electrons. The van der Waals surface area contributed by atoms with Crippen molar-refractivity contribution in [3.63, 3.8) is 0 Å². The summed E-state index contributed by atoms with van der Waals surface area (Å²) in [7, 11) is 1.82. The van der Waals surface area contributed by atoms with Crippen molar-refractivity contribution in [2.45, 2.75) is 18.9 Å². The smallest absolute Gasteiger partial charge is 0.213 e. The monoisotopic (exact) mass is 510 g/mol. The van der Waals surface area contributed by atoms with Crippen molar-refractivity contribution in [3.8, 4) is 17.4 Å². The van der Waals surface area contributed by atoms with E-state index in [1.165, 1.54) is 5.56 Å². The lowest BCUT2D eigenvalue weighted by Crippen LogP contribution is -2.41. The van der Waals surface area contributed by atoms with E-state index >= 15 is 0 Å². The zero-order valence-electron chi connectivity index (χ0n) is 16.5. The fraction of sp³-hybridized carbons (Fsp3) is 0.429.